The zero-order valence-electron chi connectivity index (χ0n) is 7.81. The van der Waals surface area contributed by atoms with Gasteiger partial charge in [-0.1, -0.05) is 19.4 Å². The van der Waals surface area contributed by atoms with Gasteiger partial charge in [0.2, 0.25) is 0 Å². The minimum Gasteiger partial charge on any atom is -0.203 e. The smallest absolute Gasteiger partial charge is 0.203 e. The summed E-state index contributed by atoms with van der Waals surface area (Å²) in [7, 11) is -10.9. The zero-order chi connectivity index (χ0) is 13.9. The van der Waals surface area contributed by atoms with E-state index in [9.17, 15) is 37.0 Å². The maximum Gasteiger partial charge on any atom is 0.316 e. The molecule has 17 heavy (non-hydrogen) atoms. The van der Waals surface area contributed by atoms with E-state index in [1.54, 1.807) is 0 Å². The molecule has 0 fully saturated rings. The zero-order valence-corrected chi connectivity index (χ0v) is 8.63. The second-order valence-electron chi connectivity index (χ2n) is 3.18. The van der Waals surface area contributed by atoms with Crippen molar-refractivity contribution in [1.82, 2.24) is 0 Å². The molecule has 100 valence electrons. The van der Waals surface area contributed by atoms with Crippen molar-refractivity contribution in [3.05, 3.63) is 28.8 Å². The molecule has 0 radical (unpaired) electrons. The van der Waals surface area contributed by atoms with E-state index in [0.717, 1.165) is 0 Å². The molecule has 0 N–H and O–H groups in total. The molecule has 0 aromatic heterocycles. The predicted octanol–water partition coefficient (Wildman–Crippen LogP) is 5.21. The van der Waals surface area contributed by atoms with Crippen molar-refractivity contribution in [3.63, 3.8) is 0 Å². The third kappa shape index (κ3) is 2.31. The Morgan fingerprint density at radius 2 is 0.941 bits per heavy atom. The lowest BCUT2D eigenvalue weighted by atomic mass is 10.2. The Kier molecular flexibility index (Phi) is 2.34. The Morgan fingerprint density at radius 1 is 0.647 bits per heavy atom. The van der Waals surface area contributed by atoms with Crippen LogP contribution in [0.15, 0.2) is 4.90 Å². The van der Waals surface area contributed by atoms with Crippen LogP contribution in [0.3, 0.4) is 0 Å². The summed E-state index contributed by atoms with van der Waals surface area (Å²) in [4.78, 5) is -3.80. The lowest BCUT2D eigenvalue weighted by molar-refractivity contribution is 0.327. The van der Waals surface area contributed by atoms with Crippen molar-refractivity contribution in [2.75, 3.05) is 0 Å². The lowest BCUT2D eigenvalue weighted by Crippen LogP contribution is -2.15. The first-order chi connectivity index (χ1) is 7.16. The molecule has 0 unspecified atom stereocenters. The van der Waals surface area contributed by atoms with Crippen molar-refractivity contribution in [2.45, 2.75) is 11.8 Å². The van der Waals surface area contributed by atoms with Gasteiger partial charge < -0.3 is 0 Å². The van der Waals surface area contributed by atoms with Crippen molar-refractivity contribution in [3.8, 4) is 0 Å². The minimum atomic E-state index is -10.9. The highest BCUT2D eigenvalue weighted by molar-refractivity contribution is 8.45. The highest BCUT2D eigenvalue weighted by atomic mass is 32.5. The van der Waals surface area contributed by atoms with Crippen LogP contribution in [-0.2, 0) is 0 Å². The van der Waals surface area contributed by atoms with E-state index >= 15 is 0 Å². The molecule has 0 spiro atoms. The molecular formula is C7H3F9S. The van der Waals surface area contributed by atoms with Crippen LogP contribution in [0.2, 0.25) is 0 Å². The van der Waals surface area contributed by atoms with Gasteiger partial charge in [0.1, 0.15) is 0 Å². The molecule has 1 aromatic carbocycles. The average molecular weight is 290 g/mol. The highest BCUT2D eigenvalue weighted by Gasteiger charge is 2.69. The van der Waals surface area contributed by atoms with Gasteiger partial charge in [0.15, 0.2) is 28.2 Å². The van der Waals surface area contributed by atoms with Crippen molar-refractivity contribution in [1.29, 1.82) is 0 Å². The van der Waals surface area contributed by atoms with Gasteiger partial charge in [0.25, 0.3) is 0 Å². The van der Waals surface area contributed by atoms with E-state index < -0.39 is 44.0 Å². The molecule has 0 aliphatic rings. The Bertz CT molecular complexity index is 471. The third-order valence-corrected chi connectivity index (χ3v) is 2.96. The molecule has 1 aromatic rings. The van der Waals surface area contributed by atoms with Crippen molar-refractivity contribution >= 4 is 10.2 Å². The van der Waals surface area contributed by atoms with Gasteiger partial charge in [0.05, 0.1) is 0 Å². The average Bonchev–Trinajstić information content (AvgIpc) is 2.07. The summed E-state index contributed by atoms with van der Waals surface area (Å²) in [6.45, 7) is 0.409. The summed E-state index contributed by atoms with van der Waals surface area (Å²) in [6, 6.07) is 0. The van der Waals surface area contributed by atoms with E-state index in [4.69, 9.17) is 0 Å². The molecule has 0 nitrogen and oxygen atoms in total. The fourth-order valence-corrected chi connectivity index (χ4v) is 1.92. The van der Waals surface area contributed by atoms with Gasteiger partial charge >= 0.3 is 10.2 Å². The van der Waals surface area contributed by atoms with Gasteiger partial charge in [-0.05, 0) is 6.92 Å². The Hall–Kier alpha value is -1.06. The lowest BCUT2D eigenvalue weighted by Gasteiger charge is -2.40. The van der Waals surface area contributed by atoms with Gasteiger partial charge in [-0.25, -0.2) is 17.6 Å². The van der Waals surface area contributed by atoms with Crippen LogP contribution in [0.1, 0.15) is 5.56 Å². The van der Waals surface area contributed by atoms with E-state index in [-0.39, 0.29) is 0 Å². The van der Waals surface area contributed by atoms with Gasteiger partial charge in [-0.3, -0.25) is 0 Å². The monoisotopic (exact) mass is 290 g/mol. The molecule has 0 saturated heterocycles. The molecule has 10 heteroatoms. The van der Waals surface area contributed by atoms with Crippen molar-refractivity contribution in [2.24, 2.45) is 0 Å². The first kappa shape index (κ1) is 14.0. The number of hydrogen-bond donors (Lipinski definition) is 0. The van der Waals surface area contributed by atoms with E-state index in [2.05, 4.69) is 0 Å². The number of rotatable bonds is 1. The van der Waals surface area contributed by atoms with Crippen LogP contribution >= 0.6 is 10.2 Å². The summed E-state index contributed by atoms with van der Waals surface area (Å²) in [5.74, 6) is -11.3. The number of hydrogen-bond acceptors (Lipinski definition) is 0. The first-order valence-corrected chi connectivity index (χ1v) is 5.68. The maximum absolute atomic E-state index is 12.7. The van der Waals surface area contributed by atoms with E-state index in [1.807, 2.05) is 0 Å². The first-order valence-electron chi connectivity index (χ1n) is 3.73. The second kappa shape index (κ2) is 2.85. The largest absolute Gasteiger partial charge is 0.316 e. The topological polar surface area (TPSA) is 0 Å². The minimum absolute atomic E-state index is 0.409. The van der Waals surface area contributed by atoms with Crippen LogP contribution in [0.4, 0.5) is 37.0 Å². The highest BCUT2D eigenvalue weighted by Crippen LogP contribution is 3.02. The number of benzene rings is 1. The van der Waals surface area contributed by atoms with E-state index in [1.165, 1.54) is 0 Å². The van der Waals surface area contributed by atoms with Gasteiger partial charge in [0, 0.05) is 5.56 Å². The molecule has 0 atom stereocenters. The molecular weight excluding hydrogens is 287 g/mol. The fraction of sp³-hybridized carbons (Fsp3) is 0.143. The molecule has 0 amide bonds. The normalized spacial score (nSPS) is 16.6. The second-order valence-corrected chi connectivity index (χ2v) is 5.53. The fourth-order valence-electron chi connectivity index (χ4n) is 1.06. The van der Waals surface area contributed by atoms with Crippen LogP contribution < -0.4 is 0 Å². The van der Waals surface area contributed by atoms with Crippen LogP contribution in [0, 0.1) is 30.2 Å². The summed E-state index contributed by atoms with van der Waals surface area (Å²) in [5.41, 5.74) is -1.45. The Balaban J connectivity index is 3.95. The quantitative estimate of drug-likeness (QED) is 0.492. The summed E-state index contributed by atoms with van der Waals surface area (Å²) < 4.78 is 112. The standard InChI is InChI=1S/C7H3F9S/c1-2-3(8)5(10)7(6(11)4(2)9)17(12,13,14,15)16/h1H3. The van der Waals surface area contributed by atoms with E-state index in [0.29, 0.717) is 6.92 Å². The van der Waals surface area contributed by atoms with Crippen LogP contribution in [0.5, 0.6) is 0 Å². The Labute approximate surface area is 88.8 Å². The van der Waals surface area contributed by atoms with Crippen molar-refractivity contribution < 1.29 is 37.0 Å². The molecule has 0 aliphatic heterocycles. The van der Waals surface area contributed by atoms with Gasteiger partial charge in [-0.15, -0.1) is 0 Å². The van der Waals surface area contributed by atoms with Crippen LogP contribution in [0.25, 0.3) is 0 Å². The Morgan fingerprint density at radius 3 is 1.18 bits per heavy atom. The van der Waals surface area contributed by atoms with Crippen LogP contribution in [-0.4, -0.2) is 0 Å². The molecule has 0 aliphatic carbocycles. The summed E-state index contributed by atoms with van der Waals surface area (Å²) >= 11 is 0. The summed E-state index contributed by atoms with van der Waals surface area (Å²) in [5, 5.41) is 0. The summed E-state index contributed by atoms with van der Waals surface area (Å²) in [6.07, 6.45) is 0. The SMILES string of the molecule is Cc1c(F)c(F)c(S(F)(F)(F)(F)F)c(F)c1F. The molecule has 0 saturated carbocycles. The molecule has 0 bridgehead atoms. The maximum atomic E-state index is 12.7. The third-order valence-electron chi connectivity index (χ3n) is 1.83. The predicted molar refractivity (Wildman–Crippen MR) is 42.4 cm³/mol. The molecule has 0 heterocycles. The molecule has 1 rings (SSSR count). The number of halogens is 9. The van der Waals surface area contributed by atoms with Gasteiger partial charge in [-0.2, -0.15) is 0 Å².